The molecule has 0 unspecified atom stereocenters. The minimum atomic E-state index is -1.59. The maximum atomic E-state index is 6.49. The fourth-order valence-electron chi connectivity index (χ4n) is 2.18. The number of hydrogen-bond donors (Lipinski definition) is 0. The largest absolute Gasteiger partial charge is 0.414 e. The van der Waals surface area contributed by atoms with E-state index in [9.17, 15) is 0 Å². The molecule has 0 spiro atoms. The lowest BCUT2D eigenvalue weighted by Crippen LogP contribution is -2.44. The highest BCUT2D eigenvalue weighted by Gasteiger charge is 2.39. The van der Waals surface area contributed by atoms with Gasteiger partial charge in [0.1, 0.15) is 0 Å². The topological polar surface area (TPSA) is 9.23 Å². The summed E-state index contributed by atoms with van der Waals surface area (Å²) in [5, 5.41) is 0.318. The summed E-state index contributed by atoms with van der Waals surface area (Å²) in [6.45, 7) is 11.6. The van der Waals surface area contributed by atoms with E-state index in [0.717, 1.165) is 0 Å². The second kappa shape index (κ2) is 6.38. The minimum absolute atomic E-state index is 0.318. The van der Waals surface area contributed by atoms with Gasteiger partial charge < -0.3 is 4.43 Å². The molecule has 0 aliphatic heterocycles. The van der Waals surface area contributed by atoms with Gasteiger partial charge in [-0.15, -0.1) is 11.8 Å². The molecule has 4 heteroatoms. The molecule has 1 fully saturated rings. The average molecular weight is 305 g/mol. The van der Waals surface area contributed by atoms with Crippen LogP contribution in [0.2, 0.25) is 18.1 Å². The molecule has 0 amide bonds. The van der Waals surface area contributed by atoms with Gasteiger partial charge >= 0.3 is 0 Å². The predicted molar refractivity (Wildman–Crippen MR) is 90.1 cm³/mol. The van der Waals surface area contributed by atoms with Crippen LogP contribution in [0.1, 0.15) is 46.5 Å². The van der Waals surface area contributed by atoms with Crippen molar-refractivity contribution in [3.8, 4) is 0 Å². The van der Waals surface area contributed by atoms with Gasteiger partial charge in [-0.1, -0.05) is 33.0 Å². The molecule has 0 atom stereocenters. The second-order valence-electron chi connectivity index (χ2n) is 6.87. The van der Waals surface area contributed by atoms with Crippen LogP contribution >= 0.6 is 24.0 Å². The molecule has 106 valence electrons. The molecule has 0 radical (unpaired) electrons. The van der Waals surface area contributed by atoms with Crippen LogP contribution in [0.15, 0.2) is 0 Å². The molecule has 0 aromatic carbocycles. The first kappa shape index (κ1) is 16.7. The molecule has 0 aromatic rings. The molecule has 0 heterocycles. The third kappa shape index (κ3) is 4.32. The molecule has 0 N–H and O–H groups in total. The lowest BCUT2D eigenvalue weighted by atomic mass is 9.89. The van der Waals surface area contributed by atoms with Crippen LogP contribution in [0.5, 0.6) is 0 Å². The molecule has 1 nitrogen and oxygen atoms in total. The fourth-order valence-corrected chi connectivity index (χ4v) is 4.40. The molecule has 18 heavy (non-hydrogen) atoms. The van der Waals surface area contributed by atoms with Crippen molar-refractivity contribution < 1.29 is 4.43 Å². The van der Waals surface area contributed by atoms with E-state index in [-0.39, 0.29) is 0 Å². The van der Waals surface area contributed by atoms with E-state index in [2.05, 4.69) is 40.1 Å². The first-order chi connectivity index (χ1) is 8.17. The Morgan fingerprint density at radius 3 is 2.06 bits per heavy atom. The summed E-state index contributed by atoms with van der Waals surface area (Å²) in [6.07, 6.45) is 7.40. The maximum absolute atomic E-state index is 6.49. The molecule has 0 saturated heterocycles. The highest BCUT2D eigenvalue weighted by atomic mass is 32.2. The fraction of sp³-hybridized carbons (Fsp3) is 0.929. The predicted octanol–water partition coefficient (Wildman–Crippen LogP) is 5.26. The minimum Gasteiger partial charge on any atom is -0.414 e. The van der Waals surface area contributed by atoms with Crippen LogP contribution in [0.4, 0.5) is 0 Å². The highest BCUT2D eigenvalue weighted by Crippen LogP contribution is 2.40. The van der Waals surface area contributed by atoms with Gasteiger partial charge in [0.2, 0.25) is 0 Å². The Balaban J connectivity index is 2.47. The highest BCUT2D eigenvalue weighted by molar-refractivity contribution is 8.22. The summed E-state index contributed by atoms with van der Waals surface area (Å²) in [6, 6.07) is 0. The Bertz CT molecular complexity index is 289. The van der Waals surface area contributed by atoms with Gasteiger partial charge in [-0.3, -0.25) is 0 Å². The van der Waals surface area contributed by atoms with Crippen LogP contribution in [-0.2, 0) is 4.43 Å². The Labute approximate surface area is 124 Å². The average Bonchev–Trinajstić information content (AvgIpc) is 2.27. The maximum Gasteiger partial charge on any atom is 0.192 e. The van der Waals surface area contributed by atoms with Crippen molar-refractivity contribution in [2.75, 3.05) is 6.26 Å². The molecule has 1 aliphatic carbocycles. The normalized spacial score (nSPS) is 26.1. The lowest BCUT2D eigenvalue weighted by molar-refractivity contribution is 0.129. The quantitative estimate of drug-likeness (QED) is 0.520. The molecule has 0 aromatic heterocycles. The molecule has 1 rings (SSSR count). The molecule has 1 saturated carbocycles. The summed E-state index contributed by atoms with van der Waals surface area (Å²) >= 11 is 7.16. The van der Waals surface area contributed by atoms with Crippen LogP contribution in [0.3, 0.4) is 0 Å². The van der Waals surface area contributed by atoms with E-state index >= 15 is 0 Å². The van der Waals surface area contributed by atoms with Gasteiger partial charge in [-0.2, -0.15) is 0 Å². The zero-order valence-electron chi connectivity index (χ0n) is 12.7. The molecule has 1 aliphatic rings. The summed E-state index contributed by atoms with van der Waals surface area (Å²) in [4.78, 5) is 0. The van der Waals surface area contributed by atoms with E-state index in [1.54, 1.807) is 11.8 Å². The van der Waals surface area contributed by atoms with Crippen molar-refractivity contribution in [3.63, 3.8) is 0 Å². The smallest absolute Gasteiger partial charge is 0.192 e. The van der Waals surface area contributed by atoms with Gasteiger partial charge in [-0.25, -0.2) is 0 Å². The summed E-state index contributed by atoms with van der Waals surface area (Å²) in [5.41, 5.74) is 0. The summed E-state index contributed by atoms with van der Waals surface area (Å²) in [5.74, 6) is 0.647. The Kier molecular flexibility index (Phi) is 5.91. The SMILES string of the molecule is CSC(=S)C1CCC(O[Si](C)(C)C(C)(C)C)CC1. The van der Waals surface area contributed by atoms with E-state index in [0.29, 0.717) is 17.1 Å². The van der Waals surface area contributed by atoms with Crippen molar-refractivity contribution in [1.29, 1.82) is 0 Å². The molecule has 0 bridgehead atoms. The number of thioether (sulfide) groups is 1. The Morgan fingerprint density at radius 2 is 1.67 bits per heavy atom. The van der Waals surface area contributed by atoms with Gasteiger partial charge in [0.25, 0.3) is 0 Å². The Hall–Kier alpha value is 0.617. The van der Waals surface area contributed by atoms with Crippen molar-refractivity contribution >= 4 is 36.5 Å². The third-order valence-electron chi connectivity index (χ3n) is 4.48. The van der Waals surface area contributed by atoms with Crippen LogP contribution in [0, 0.1) is 5.92 Å². The van der Waals surface area contributed by atoms with Crippen molar-refractivity contribution in [1.82, 2.24) is 0 Å². The van der Waals surface area contributed by atoms with E-state index in [4.69, 9.17) is 16.6 Å². The lowest BCUT2D eigenvalue weighted by Gasteiger charge is -2.41. The molecular formula is C14H28OS2Si. The van der Waals surface area contributed by atoms with Gasteiger partial charge in [0.15, 0.2) is 8.32 Å². The Morgan fingerprint density at radius 1 is 1.17 bits per heavy atom. The zero-order chi connectivity index (χ0) is 14.0. The zero-order valence-corrected chi connectivity index (χ0v) is 15.3. The number of thiocarbonyl (C=S) groups is 1. The van der Waals surface area contributed by atoms with Gasteiger partial charge in [0.05, 0.1) is 4.20 Å². The van der Waals surface area contributed by atoms with Crippen molar-refractivity contribution in [2.45, 2.75) is 70.7 Å². The number of rotatable bonds is 3. The van der Waals surface area contributed by atoms with Crippen LogP contribution in [-0.4, -0.2) is 24.9 Å². The van der Waals surface area contributed by atoms with Crippen LogP contribution in [0.25, 0.3) is 0 Å². The molecular weight excluding hydrogens is 276 g/mol. The monoisotopic (exact) mass is 304 g/mol. The third-order valence-corrected chi connectivity index (χ3v) is 10.6. The van der Waals surface area contributed by atoms with Crippen molar-refractivity contribution in [2.24, 2.45) is 5.92 Å². The first-order valence-electron chi connectivity index (χ1n) is 6.93. The van der Waals surface area contributed by atoms with E-state index in [1.165, 1.54) is 29.9 Å². The van der Waals surface area contributed by atoms with E-state index in [1.807, 2.05) is 0 Å². The summed E-state index contributed by atoms with van der Waals surface area (Å²) < 4.78 is 7.69. The van der Waals surface area contributed by atoms with Gasteiger partial charge in [0, 0.05) is 12.0 Å². The van der Waals surface area contributed by atoms with Crippen molar-refractivity contribution in [3.05, 3.63) is 0 Å². The van der Waals surface area contributed by atoms with E-state index < -0.39 is 8.32 Å². The van der Waals surface area contributed by atoms with Gasteiger partial charge in [-0.05, 0) is 50.1 Å². The standard InChI is InChI=1S/C14H28OS2Si/c1-14(2,3)18(5,6)15-12-9-7-11(8-10-12)13(16)17-4/h11-12H,7-10H2,1-6H3. The first-order valence-corrected chi connectivity index (χ1v) is 11.5. The summed E-state index contributed by atoms with van der Waals surface area (Å²) in [7, 11) is -1.59. The number of hydrogen-bond acceptors (Lipinski definition) is 3. The van der Waals surface area contributed by atoms with Crippen LogP contribution < -0.4 is 0 Å². The second-order valence-corrected chi connectivity index (χ2v) is 13.2.